The van der Waals surface area contributed by atoms with E-state index in [2.05, 4.69) is 6.92 Å². The van der Waals surface area contributed by atoms with Gasteiger partial charge < -0.3 is 10.5 Å². The van der Waals surface area contributed by atoms with Crippen LogP contribution in [-0.2, 0) is 6.42 Å². The number of ether oxygens (including phenoxy) is 1. The monoisotopic (exact) mass is 323 g/mol. The Kier molecular flexibility index (Phi) is 5.92. The lowest BCUT2D eigenvalue weighted by molar-refractivity contribution is 0.312. The van der Waals surface area contributed by atoms with Crippen molar-refractivity contribution in [2.75, 3.05) is 6.61 Å². The predicted octanol–water partition coefficient (Wildman–Crippen LogP) is 5.02. The molecule has 21 heavy (non-hydrogen) atoms. The molecule has 0 saturated heterocycles. The van der Waals surface area contributed by atoms with Crippen LogP contribution in [0, 0.1) is 0 Å². The minimum absolute atomic E-state index is 0.170. The first-order chi connectivity index (χ1) is 10.1. The summed E-state index contributed by atoms with van der Waals surface area (Å²) in [6.45, 7) is 2.77. The van der Waals surface area contributed by atoms with E-state index < -0.39 is 0 Å². The van der Waals surface area contributed by atoms with Crippen LogP contribution < -0.4 is 10.5 Å². The summed E-state index contributed by atoms with van der Waals surface area (Å²) in [5, 5.41) is 1.27. The first-order valence-corrected chi connectivity index (χ1v) is 7.78. The Morgan fingerprint density at radius 3 is 2.62 bits per heavy atom. The van der Waals surface area contributed by atoms with Gasteiger partial charge >= 0.3 is 0 Å². The number of hydrogen-bond donors (Lipinski definition) is 1. The van der Waals surface area contributed by atoms with E-state index in [-0.39, 0.29) is 6.04 Å². The van der Waals surface area contributed by atoms with Crippen molar-refractivity contribution in [2.24, 2.45) is 5.73 Å². The first-order valence-electron chi connectivity index (χ1n) is 7.03. The molecule has 0 amide bonds. The first kappa shape index (κ1) is 16.2. The number of hydrogen-bond acceptors (Lipinski definition) is 2. The molecule has 2 aromatic carbocycles. The molecule has 0 aliphatic rings. The molecular formula is C17H19Cl2NO. The standard InChI is InChI=1S/C17H19Cl2NO/c1-2-9-21-17-6-4-3-5-14(17)16(20)10-12-7-8-13(18)11-15(12)19/h3-8,11,16H,2,9-10,20H2,1H3. The van der Waals surface area contributed by atoms with Crippen LogP contribution in [0.25, 0.3) is 0 Å². The van der Waals surface area contributed by atoms with E-state index in [0.29, 0.717) is 23.1 Å². The fraction of sp³-hybridized carbons (Fsp3) is 0.294. The zero-order chi connectivity index (χ0) is 15.2. The number of benzene rings is 2. The normalized spacial score (nSPS) is 12.2. The van der Waals surface area contributed by atoms with Crippen LogP contribution in [0.2, 0.25) is 10.0 Å². The Morgan fingerprint density at radius 1 is 1.14 bits per heavy atom. The molecule has 1 unspecified atom stereocenters. The Bertz CT molecular complexity index is 601. The molecule has 0 radical (unpaired) electrons. The highest BCUT2D eigenvalue weighted by Gasteiger charge is 2.14. The number of rotatable bonds is 6. The molecule has 112 valence electrons. The fourth-order valence-electron chi connectivity index (χ4n) is 2.16. The summed E-state index contributed by atoms with van der Waals surface area (Å²) in [4.78, 5) is 0. The van der Waals surface area contributed by atoms with Gasteiger partial charge in [0.05, 0.1) is 6.61 Å². The van der Waals surface area contributed by atoms with Gasteiger partial charge in [-0.3, -0.25) is 0 Å². The van der Waals surface area contributed by atoms with Crippen molar-refractivity contribution in [1.29, 1.82) is 0 Å². The molecule has 0 aliphatic heterocycles. The van der Waals surface area contributed by atoms with Crippen LogP contribution in [0.15, 0.2) is 42.5 Å². The highest BCUT2D eigenvalue weighted by atomic mass is 35.5. The second kappa shape index (κ2) is 7.69. The topological polar surface area (TPSA) is 35.2 Å². The Balaban J connectivity index is 2.18. The third-order valence-corrected chi connectivity index (χ3v) is 3.82. The lowest BCUT2D eigenvalue weighted by atomic mass is 9.99. The third kappa shape index (κ3) is 4.37. The zero-order valence-electron chi connectivity index (χ0n) is 12.0. The minimum Gasteiger partial charge on any atom is -0.493 e. The van der Waals surface area contributed by atoms with E-state index in [4.69, 9.17) is 33.7 Å². The highest BCUT2D eigenvalue weighted by Crippen LogP contribution is 2.29. The van der Waals surface area contributed by atoms with Gasteiger partial charge in [0, 0.05) is 21.7 Å². The average molecular weight is 324 g/mol. The lowest BCUT2D eigenvalue weighted by Gasteiger charge is -2.17. The smallest absolute Gasteiger partial charge is 0.124 e. The molecule has 4 heteroatoms. The van der Waals surface area contributed by atoms with Gasteiger partial charge in [-0.05, 0) is 36.6 Å². The van der Waals surface area contributed by atoms with E-state index >= 15 is 0 Å². The Morgan fingerprint density at radius 2 is 1.90 bits per heavy atom. The van der Waals surface area contributed by atoms with E-state index in [1.54, 1.807) is 6.07 Å². The molecule has 2 nitrogen and oxygen atoms in total. The van der Waals surface area contributed by atoms with Gasteiger partial charge in [-0.25, -0.2) is 0 Å². The third-order valence-electron chi connectivity index (χ3n) is 3.24. The molecule has 0 aromatic heterocycles. The van der Waals surface area contributed by atoms with Crippen LogP contribution in [-0.4, -0.2) is 6.61 Å². The van der Waals surface area contributed by atoms with Crippen molar-refractivity contribution in [3.63, 3.8) is 0 Å². The minimum atomic E-state index is -0.170. The average Bonchev–Trinajstić information content (AvgIpc) is 2.48. The molecule has 0 heterocycles. The van der Waals surface area contributed by atoms with Crippen molar-refractivity contribution < 1.29 is 4.74 Å². The number of para-hydroxylation sites is 1. The van der Waals surface area contributed by atoms with Gasteiger partial charge in [0.25, 0.3) is 0 Å². The van der Waals surface area contributed by atoms with Gasteiger partial charge in [-0.2, -0.15) is 0 Å². The molecule has 0 bridgehead atoms. The van der Waals surface area contributed by atoms with Crippen molar-refractivity contribution >= 4 is 23.2 Å². The largest absolute Gasteiger partial charge is 0.493 e. The highest BCUT2D eigenvalue weighted by molar-refractivity contribution is 6.35. The summed E-state index contributed by atoms with van der Waals surface area (Å²) >= 11 is 12.1. The quantitative estimate of drug-likeness (QED) is 0.809. The SMILES string of the molecule is CCCOc1ccccc1C(N)Cc1ccc(Cl)cc1Cl. The fourth-order valence-corrected chi connectivity index (χ4v) is 2.65. The van der Waals surface area contributed by atoms with E-state index in [9.17, 15) is 0 Å². The number of nitrogens with two attached hydrogens (primary N) is 1. The van der Waals surface area contributed by atoms with Gasteiger partial charge in [-0.1, -0.05) is 54.4 Å². The summed E-state index contributed by atoms with van der Waals surface area (Å²) < 4.78 is 5.76. The van der Waals surface area contributed by atoms with Gasteiger partial charge in [0.2, 0.25) is 0 Å². The maximum Gasteiger partial charge on any atom is 0.124 e. The second-order valence-electron chi connectivity index (χ2n) is 4.93. The van der Waals surface area contributed by atoms with Crippen LogP contribution >= 0.6 is 23.2 Å². The maximum absolute atomic E-state index is 6.33. The molecule has 1 atom stereocenters. The van der Waals surface area contributed by atoms with Crippen LogP contribution in [0.1, 0.15) is 30.5 Å². The Hall–Kier alpha value is -1.22. The molecule has 0 aliphatic carbocycles. The summed E-state index contributed by atoms with van der Waals surface area (Å²) in [7, 11) is 0. The molecule has 0 fully saturated rings. The molecule has 0 spiro atoms. The van der Waals surface area contributed by atoms with Crippen LogP contribution in [0.3, 0.4) is 0 Å². The van der Waals surface area contributed by atoms with Gasteiger partial charge in [0.15, 0.2) is 0 Å². The van der Waals surface area contributed by atoms with Gasteiger partial charge in [0.1, 0.15) is 5.75 Å². The molecule has 2 rings (SSSR count). The lowest BCUT2D eigenvalue weighted by Crippen LogP contribution is -2.15. The van der Waals surface area contributed by atoms with Gasteiger partial charge in [-0.15, -0.1) is 0 Å². The molecule has 2 N–H and O–H groups in total. The summed E-state index contributed by atoms with van der Waals surface area (Å²) in [6.07, 6.45) is 1.61. The van der Waals surface area contributed by atoms with Crippen LogP contribution in [0.5, 0.6) is 5.75 Å². The predicted molar refractivity (Wildman–Crippen MR) is 89.3 cm³/mol. The van der Waals surface area contributed by atoms with E-state index in [0.717, 1.165) is 23.3 Å². The maximum atomic E-state index is 6.33. The summed E-state index contributed by atoms with van der Waals surface area (Å²) in [5.41, 5.74) is 8.32. The van der Waals surface area contributed by atoms with E-state index in [1.165, 1.54) is 0 Å². The van der Waals surface area contributed by atoms with Crippen molar-refractivity contribution in [1.82, 2.24) is 0 Å². The molecular weight excluding hydrogens is 305 g/mol. The van der Waals surface area contributed by atoms with Crippen molar-refractivity contribution in [3.05, 3.63) is 63.6 Å². The molecule has 2 aromatic rings. The summed E-state index contributed by atoms with van der Waals surface area (Å²) in [5.74, 6) is 0.844. The molecule has 0 saturated carbocycles. The summed E-state index contributed by atoms with van der Waals surface area (Å²) in [6, 6.07) is 13.2. The van der Waals surface area contributed by atoms with Crippen molar-refractivity contribution in [3.8, 4) is 5.75 Å². The second-order valence-corrected chi connectivity index (χ2v) is 5.78. The Labute approximate surface area is 135 Å². The number of halogens is 2. The van der Waals surface area contributed by atoms with Crippen molar-refractivity contribution in [2.45, 2.75) is 25.8 Å². The van der Waals surface area contributed by atoms with Crippen LogP contribution in [0.4, 0.5) is 0 Å². The van der Waals surface area contributed by atoms with E-state index in [1.807, 2.05) is 36.4 Å². The zero-order valence-corrected chi connectivity index (χ0v) is 13.5.